The van der Waals surface area contributed by atoms with E-state index in [0.717, 1.165) is 11.0 Å². The van der Waals surface area contributed by atoms with Gasteiger partial charge in [-0.05, 0) is 51.6 Å². The summed E-state index contributed by atoms with van der Waals surface area (Å²) in [6.07, 6.45) is 4.00. The zero-order valence-corrected chi connectivity index (χ0v) is 31.1. The standard InChI is InChI=1S/C31H38BN.C12H8N.Au/c1-20(2)24-13-11-14-25(21(3)4)30(24)32-19-33(29-18-10-9-17-28(29)32)31-26(22(5)6)15-12-16-27(31)23(7)8;1-3-7-11-9(5-1)10-6-2-4-8-12(10)13-11;/h9-18,20-23H,1-8H3;1-8H;/q;-1;. The number of rotatable bonds is 6. The minimum absolute atomic E-state index is 0. The van der Waals surface area contributed by atoms with Crippen molar-refractivity contribution >= 4 is 56.9 Å². The molecule has 1 aromatic heterocycles. The third-order valence-corrected chi connectivity index (χ3v) is 9.36. The first-order valence-corrected chi connectivity index (χ1v) is 17.0. The number of hydrogen-bond donors (Lipinski definition) is 0. The molecular formula is C43H46AuBN2-. The predicted octanol–water partition coefficient (Wildman–Crippen LogP) is 10.1. The van der Waals surface area contributed by atoms with Crippen molar-refractivity contribution in [3.8, 4) is 0 Å². The molecule has 6 aromatic rings. The maximum absolute atomic E-state index is 4.52. The van der Waals surface area contributed by atoms with Gasteiger partial charge in [0, 0.05) is 22.4 Å². The van der Waals surface area contributed by atoms with Crippen LogP contribution in [0, 0.1) is 0 Å². The van der Waals surface area contributed by atoms with Gasteiger partial charge in [0.15, 0.2) is 0 Å². The Bertz CT molecular complexity index is 1930. The minimum Gasteiger partial charge on any atom is -0.657 e. The molecule has 47 heavy (non-hydrogen) atoms. The topological polar surface area (TPSA) is 17.1 Å². The molecule has 0 saturated carbocycles. The second-order valence-corrected chi connectivity index (χ2v) is 13.9. The number of hydrogen-bond acceptors (Lipinski definition) is 0. The van der Waals surface area contributed by atoms with E-state index in [1.807, 2.05) is 12.1 Å². The van der Waals surface area contributed by atoms with Crippen molar-refractivity contribution in [1.82, 2.24) is 9.56 Å². The molecule has 0 spiro atoms. The van der Waals surface area contributed by atoms with E-state index in [1.165, 1.54) is 55.3 Å². The molecule has 0 atom stereocenters. The molecular weight excluding hydrogens is 752 g/mol. The number of fused-ring (bicyclic) bond motifs is 4. The molecule has 0 bridgehead atoms. The van der Waals surface area contributed by atoms with Gasteiger partial charge in [0.05, 0.1) is 11.8 Å². The fourth-order valence-electron chi connectivity index (χ4n) is 7.05. The summed E-state index contributed by atoms with van der Waals surface area (Å²) in [5.41, 5.74) is 13.2. The fraction of sp³-hybridized carbons (Fsp3) is 0.279. The van der Waals surface area contributed by atoms with Crippen molar-refractivity contribution in [2.24, 2.45) is 0 Å². The van der Waals surface area contributed by atoms with Crippen molar-refractivity contribution < 1.29 is 22.4 Å². The van der Waals surface area contributed by atoms with Crippen LogP contribution < -0.4 is 20.5 Å². The predicted molar refractivity (Wildman–Crippen MR) is 202 cm³/mol. The zero-order chi connectivity index (χ0) is 32.5. The van der Waals surface area contributed by atoms with E-state index in [-0.39, 0.29) is 29.1 Å². The monoisotopic (exact) mass is 798 g/mol. The van der Waals surface area contributed by atoms with Gasteiger partial charge in [0.2, 0.25) is 6.71 Å². The molecule has 0 unspecified atom stereocenters. The van der Waals surface area contributed by atoms with Gasteiger partial charge in [0.1, 0.15) is 5.69 Å². The fourth-order valence-corrected chi connectivity index (χ4v) is 7.05. The SMILES string of the molecule is CC(C)c1cccc(C(C)C)c1B1[C-]=[N+](c2c(C(C)C)cccc2C(C)C)c2ccccc21.[Au].c1ccc2c(c1)[n-]c1ccccc12. The van der Waals surface area contributed by atoms with Crippen molar-refractivity contribution in [1.29, 1.82) is 0 Å². The second kappa shape index (κ2) is 14.6. The maximum atomic E-state index is 4.52. The van der Waals surface area contributed by atoms with Crippen LogP contribution in [0.1, 0.15) is 101 Å². The van der Waals surface area contributed by atoms with Crippen LogP contribution in [-0.2, 0) is 22.4 Å². The second-order valence-electron chi connectivity index (χ2n) is 13.9. The van der Waals surface area contributed by atoms with Gasteiger partial charge in [0.25, 0.3) is 0 Å². The summed E-state index contributed by atoms with van der Waals surface area (Å²) in [6, 6.07) is 39.1. The van der Waals surface area contributed by atoms with Crippen molar-refractivity contribution in [2.75, 3.05) is 0 Å². The summed E-state index contributed by atoms with van der Waals surface area (Å²) in [5, 5.41) is 2.50. The summed E-state index contributed by atoms with van der Waals surface area (Å²) in [7, 11) is 0. The van der Waals surface area contributed by atoms with E-state index in [1.54, 1.807) is 0 Å². The van der Waals surface area contributed by atoms with Crippen LogP contribution in [0.25, 0.3) is 21.8 Å². The molecule has 5 aromatic carbocycles. The minimum atomic E-state index is 0. The first-order valence-electron chi connectivity index (χ1n) is 17.0. The van der Waals surface area contributed by atoms with Gasteiger partial charge in [-0.1, -0.05) is 181 Å². The average Bonchev–Trinajstić information content (AvgIpc) is 3.63. The van der Waals surface area contributed by atoms with E-state index in [4.69, 9.17) is 0 Å². The average molecular weight is 799 g/mol. The van der Waals surface area contributed by atoms with Crippen LogP contribution in [0.4, 0.5) is 11.4 Å². The van der Waals surface area contributed by atoms with Crippen LogP contribution in [0.5, 0.6) is 0 Å². The first kappa shape index (κ1) is 34.7. The Labute approximate surface area is 297 Å². The Morgan fingerprint density at radius 2 is 0.936 bits per heavy atom. The van der Waals surface area contributed by atoms with Gasteiger partial charge in [-0.2, -0.15) is 0 Å². The molecule has 0 aliphatic carbocycles. The molecule has 1 aliphatic heterocycles. The van der Waals surface area contributed by atoms with Crippen molar-refractivity contribution in [3.63, 3.8) is 0 Å². The molecule has 0 amide bonds. The molecule has 1 aliphatic rings. The molecule has 0 N–H and O–H groups in total. The third-order valence-electron chi connectivity index (χ3n) is 9.36. The van der Waals surface area contributed by atoms with Crippen molar-refractivity contribution in [3.05, 3.63) is 131 Å². The van der Waals surface area contributed by atoms with Crippen LogP contribution in [0.15, 0.2) is 109 Å². The molecule has 2 nitrogen and oxygen atoms in total. The van der Waals surface area contributed by atoms with E-state index < -0.39 is 0 Å². The first-order chi connectivity index (χ1) is 22.2. The van der Waals surface area contributed by atoms with E-state index in [2.05, 4.69) is 168 Å². The number of benzene rings is 5. The van der Waals surface area contributed by atoms with Gasteiger partial charge in [-0.3, -0.25) is 0 Å². The Morgan fingerprint density at radius 3 is 1.43 bits per heavy atom. The van der Waals surface area contributed by atoms with Crippen LogP contribution in [0.2, 0.25) is 0 Å². The molecule has 1 radical (unpaired) electrons. The molecule has 0 saturated heterocycles. The van der Waals surface area contributed by atoms with Gasteiger partial charge >= 0.3 is 0 Å². The zero-order valence-electron chi connectivity index (χ0n) is 29.0. The normalized spacial score (nSPS) is 12.5. The summed E-state index contributed by atoms with van der Waals surface area (Å²) < 4.78 is 2.39. The van der Waals surface area contributed by atoms with Crippen LogP contribution in [-0.4, -0.2) is 12.8 Å². The van der Waals surface area contributed by atoms with E-state index in [9.17, 15) is 0 Å². The van der Waals surface area contributed by atoms with E-state index >= 15 is 0 Å². The van der Waals surface area contributed by atoms with Gasteiger partial charge in [-0.15, -0.1) is 11.0 Å². The Morgan fingerprint density at radius 1 is 0.511 bits per heavy atom. The van der Waals surface area contributed by atoms with Gasteiger partial charge in [-0.25, -0.2) is 0 Å². The third kappa shape index (κ3) is 6.72. The summed E-state index contributed by atoms with van der Waals surface area (Å²) in [5.74, 6) is 1.83. The Kier molecular flexibility index (Phi) is 10.8. The summed E-state index contributed by atoms with van der Waals surface area (Å²) >= 11 is 0. The number of nitrogens with zero attached hydrogens (tertiary/aromatic N) is 2. The largest absolute Gasteiger partial charge is 0.657 e. The molecule has 0 fully saturated rings. The van der Waals surface area contributed by atoms with Gasteiger partial charge < -0.3 is 9.56 Å². The quantitative estimate of drug-likeness (QED) is 0.0932. The molecule has 243 valence electrons. The molecule has 7 rings (SSSR count). The number of aromatic nitrogens is 1. The molecule has 2 heterocycles. The summed E-state index contributed by atoms with van der Waals surface area (Å²) in [4.78, 5) is 4.52. The number of para-hydroxylation sites is 4. The van der Waals surface area contributed by atoms with Crippen molar-refractivity contribution in [2.45, 2.75) is 79.1 Å². The van der Waals surface area contributed by atoms with E-state index in [0.29, 0.717) is 23.7 Å². The molecule has 4 heteroatoms. The van der Waals surface area contributed by atoms with Crippen LogP contribution in [0.3, 0.4) is 0 Å². The Balaban J connectivity index is 0.000000256. The Hall–Kier alpha value is -3.62. The summed E-state index contributed by atoms with van der Waals surface area (Å²) in [6.45, 7) is 18.6. The van der Waals surface area contributed by atoms with Crippen LogP contribution >= 0.6 is 0 Å². The maximum Gasteiger partial charge on any atom is 0.238 e. The smallest absolute Gasteiger partial charge is 0.238 e.